The average molecular weight is 251 g/mol. The highest BCUT2D eigenvalue weighted by molar-refractivity contribution is 5.75. The van der Waals surface area contributed by atoms with Crippen LogP contribution in [0.2, 0.25) is 0 Å². The van der Waals surface area contributed by atoms with Gasteiger partial charge in [0.2, 0.25) is 0 Å². The fraction of sp³-hybridized carbons (Fsp3) is 0.500. The zero-order valence-corrected chi connectivity index (χ0v) is 11.6. The molecule has 1 aromatic carbocycles. The molecule has 0 bridgehead atoms. The number of aryl methyl sites for hydroxylation is 1. The Hall–Kier alpha value is -1.71. The molecule has 0 saturated carbocycles. The maximum Gasteiger partial charge on any atom is 0.322 e. The average Bonchev–Trinajstić information content (AvgIpc) is 2.24. The Labute approximate surface area is 108 Å². The van der Waals surface area contributed by atoms with Crippen molar-refractivity contribution in [2.24, 2.45) is 0 Å². The fourth-order valence-electron chi connectivity index (χ4n) is 1.85. The quantitative estimate of drug-likeness (QED) is 0.864. The van der Waals surface area contributed by atoms with Crippen LogP contribution in [-0.4, -0.2) is 24.7 Å². The maximum absolute atomic E-state index is 10.6. The normalized spacial score (nSPS) is 11.2. The second-order valence-corrected chi connectivity index (χ2v) is 5.39. The van der Waals surface area contributed by atoms with E-state index in [1.807, 2.05) is 13.0 Å². The third kappa shape index (κ3) is 3.39. The summed E-state index contributed by atoms with van der Waals surface area (Å²) in [5.74, 6) is -0.176. The Morgan fingerprint density at radius 3 is 2.44 bits per heavy atom. The molecule has 18 heavy (non-hydrogen) atoms. The lowest BCUT2D eigenvalue weighted by Crippen LogP contribution is -2.17. The molecule has 0 aliphatic rings. The lowest BCUT2D eigenvalue weighted by Gasteiger charge is -2.25. The van der Waals surface area contributed by atoms with E-state index in [2.05, 4.69) is 32.2 Å². The van der Waals surface area contributed by atoms with Crippen LogP contribution in [-0.2, 0) is 10.2 Å². The third-order valence-electron chi connectivity index (χ3n) is 2.68. The van der Waals surface area contributed by atoms with Gasteiger partial charge in [-0.15, -0.1) is 0 Å². The predicted octanol–water partition coefficient (Wildman–Crippen LogP) is 2.80. The van der Waals surface area contributed by atoms with E-state index in [0.717, 1.165) is 16.8 Å². The molecule has 0 saturated heterocycles. The molecule has 4 nitrogen and oxygen atoms in total. The Kier molecular flexibility index (Phi) is 4.22. The first-order valence-corrected chi connectivity index (χ1v) is 5.90. The van der Waals surface area contributed by atoms with E-state index < -0.39 is 5.97 Å². The predicted molar refractivity (Wildman–Crippen MR) is 72.6 cm³/mol. The number of anilines is 1. The Balaban J connectivity index is 3.24. The monoisotopic (exact) mass is 251 g/mol. The first kappa shape index (κ1) is 14.4. The summed E-state index contributed by atoms with van der Waals surface area (Å²) in [5.41, 5.74) is 2.81. The van der Waals surface area contributed by atoms with Crippen LogP contribution in [0.4, 0.5) is 5.69 Å². The van der Waals surface area contributed by atoms with Crippen LogP contribution < -0.4 is 10.1 Å². The van der Waals surface area contributed by atoms with E-state index in [-0.39, 0.29) is 12.0 Å². The zero-order chi connectivity index (χ0) is 13.9. The molecule has 0 atom stereocenters. The number of benzene rings is 1. The van der Waals surface area contributed by atoms with Crippen molar-refractivity contribution >= 4 is 11.7 Å². The van der Waals surface area contributed by atoms with Crippen LogP contribution in [0.3, 0.4) is 0 Å². The van der Waals surface area contributed by atoms with Gasteiger partial charge in [0.25, 0.3) is 0 Å². The molecule has 0 aliphatic carbocycles. The first-order chi connectivity index (χ1) is 8.25. The number of rotatable bonds is 4. The van der Waals surface area contributed by atoms with Gasteiger partial charge in [0.05, 0.1) is 12.8 Å². The Morgan fingerprint density at radius 1 is 1.39 bits per heavy atom. The van der Waals surface area contributed by atoms with Gasteiger partial charge in [0.1, 0.15) is 12.3 Å². The van der Waals surface area contributed by atoms with E-state index >= 15 is 0 Å². The van der Waals surface area contributed by atoms with Crippen molar-refractivity contribution in [2.45, 2.75) is 33.1 Å². The van der Waals surface area contributed by atoms with Crippen molar-refractivity contribution in [3.8, 4) is 5.75 Å². The molecule has 100 valence electrons. The summed E-state index contributed by atoms with van der Waals surface area (Å²) in [5, 5.41) is 11.6. The van der Waals surface area contributed by atoms with Gasteiger partial charge in [-0.1, -0.05) is 26.8 Å². The number of ether oxygens (including phenoxy) is 1. The smallest absolute Gasteiger partial charge is 0.322 e. The number of nitrogens with one attached hydrogen (secondary N) is 1. The van der Waals surface area contributed by atoms with Crippen molar-refractivity contribution in [2.75, 3.05) is 19.0 Å². The second kappa shape index (κ2) is 5.29. The van der Waals surface area contributed by atoms with E-state index in [4.69, 9.17) is 9.84 Å². The summed E-state index contributed by atoms with van der Waals surface area (Å²) >= 11 is 0. The van der Waals surface area contributed by atoms with Crippen molar-refractivity contribution in [3.63, 3.8) is 0 Å². The molecule has 0 fully saturated rings. The molecule has 0 aliphatic heterocycles. The van der Waals surface area contributed by atoms with Gasteiger partial charge in [-0.25, -0.2) is 0 Å². The van der Waals surface area contributed by atoms with Crippen LogP contribution in [0.15, 0.2) is 12.1 Å². The summed E-state index contributed by atoms with van der Waals surface area (Å²) in [4.78, 5) is 10.6. The van der Waals surface area contributed by atoms with Gasteiger partial charge < -0.3 is 15.2 Å². The van der Waals surface area contributed by atoms with Crippen molar-refractivity contribution in [3.05, 3.63) is 23.3 Å². The highest BCUT2D eigenvalue weighted by atomic mass is 16.5. The SMILES string of the molecule is COc1c(NCC(=O)O)cc(C)cc1C(C)(C)C. The molecular formula is C14H21NO3. The van der Waals surface area contributed by atoms with Gasteiger partial charge in [0.15, 0.2) is 0 Å². The lowest BCUT2D eigenvalue weighted by molar-refractivity contribution is -0.134. The largest absolute Gasteiger partial charge is 0.494 e. The third-order valence-corrected chi connectivity index (χ3v) is 2.68. The molecule has 1 rings (SSSR count). The molecule has 1 aromatic rings. The summed E-state index contributed by atoms with van der Waals surface area (Å²) in [6, 6.07) is 3.97. The highest BCUT2D eigenvalue weighted by Gasteiger charge is 2.21. The number of methoxy groups -OCH3 is 1. The van der Waals surface area contributed by atoms with Gasteiger partial charge in [0, 0.05) is 5.56 Å². The summed E-state index contributed by atoms with van der Waals surface area (Å²) in [6.07, 6.45) is 0. The van der Waals surface area contributed by atoms with Crippen LogP contribution in [0, 0.1) is 6.92 Å². The van der Waals surface area contributed by atoms with Gasteiger partial charge >= 0.3 is 5.97 Å². The minimum Gasteiger partial charge on any atom is -0.494 e. The minimum absolute atomic E-state index is 0.0585. The number of carboxylic acids is 1. The van der Waals surface area contributed by atoms with E-state index in [1.54, 1.807) is 7.11 Å². The van der Waals surface area contributed by atoms with Crippen molar-refractivity contribution < 1.29 is 14.6 Å². The molecule has 4 heteroatoms. The molecule has 0 spiro atoms. The summed E-state index contributed by atoms with van der Waals surface area (Å²) in [7, 11) is 1.60. The fourth-order valence-corrected chi connectivity index (χ4v) is 1.85. The molecule has 0 heterocycles. The minimum atomic E-state index is -0.893. The van der Waals surface area contributed by atoms with Gasteiger partial charge in [-0.05, 0) is 24.0 Å². The van der Waals surface area contributed by atoms with Crippen molar-refractivity contribution in [1.29, 1.82) is 0 Å². The van der Waals surface area contributed by atoms with Gasteiger partial charge in [-0.3, -0.25) is 4.79 Å². The molecular weight excluding hydrogens is 230 g/mol. The van der Waals surface area contributed by atoms with Gasteiger partial charge in [-0.2, -0.15) is 0 Å². The molecule has 0 radical (unpaired) electrons. The van der Waals surface area contributed by atoms with Crippen molar-refractivity contribution in [1.82, 2.24) is 0 Å². The highest BCUT2D eigenvalue weighted by Crippen LogP contribution is 2.37. The molecule has 0 unspecified atom stereocenters. The maximum atomic E-state index is 10.6. The standard InChI is InChI=1S/C14H21NO3/c1-9-6-10(14(2,3)4)13(18-5)11(7-9)15-8-12(16)17/h6-7,15H,8H2,1-5H3,(H,16,17). The zero-order valence-electron chi connectivity index (χ0n) is 11.6. The molecule has 0 aromatic heterocycles. The number of hydrogen-bond donors (Lipinski definition) is 2. The molecule has 2 N–H and O–H groups in total. The van der Waals surface area contributed by atoms with Crippen LogP contribution in [0.1, 0.15) is 31.9 Å². The van der Waals surface area contributed by atoms with Crippen LogP contribution >= 0.6 is 0 Å². The van der Waals surface area contributed by atoms with Crippen LogP contribution in [0.5, 0.6) is 5.75 Å². The topological polar surface area (TPSA) is 58.6 Å². The second-order valence-electron chi connectivity index (χ2n) is 5.39. The van der Waals surface area contributed by atoms with E-state index in [0.29, 0.717) is 5.75 Å². The van der Waals surface area contributed by atoms with Crippen LogP contribution in [0.25, 0.3) is 0 Å². The number of aliphatic carboxylic acids is 1. The van der Waals surface area contributed by atoms with E-state index in [1.165, 1.54) is 0 Å². The molecule has 0 amide bonds. The number of carbonyl (C=O) groups is 1. The Bertz CT molecular complexity index is 447. The first-order valence-electron chi connectivity index (χ1n) is 5.90. The Morgan fingerprint density at radius 2 is 2.00 bits per heavy atom. The number of hydrogen-bond acceptors (Lipinski definition) is 3. The lowest BCUT2D eigenvalue weighted by atomic mass is 9.85. The number of carboxylic acid groups (broad SMARTS) is 1. The summed E-state index contributed by atoms with van der Waals surface area (Å²) in [6.45, 7) is 8.17. The summed E-state index contributed by atoms with van der Waals surface area (Å²) < 4.78 is 5.43. The van der Waals surface area contributed by atoms with E-state index in [9.17, 15) is 4.79 Å².